The van der Waals surface area contributed by atoms with Crippen LogP contribution in [0.3, 0.4) is 0 Å². The number of likely N-dealkylation sites (tertiary alicyclic amines) is 1. The molecule has 1 saturated heterocycles. The number of benzene rings is 1. The van der Waals surface area contributed by atoms with Crippen LogP contribution in [0.2, 0.25) is 5.02 Å². The highest BCUT2D eigenvalue weighted by Gasteiger charge is 2.34. The lowest BCUT2D eigenvalue weighted by Gasteiger charge is -2.16. The van der Waals surface area contributed by atoms with E-state index in [2.05, 4.69) is 10.3 Å². The van der Waals surface area contributed by atoms with Crippen LogP contribution in [0.25, 0.3) is 0 Å². The molecule has 2 amide bonds. The first kappa shape index (κ1) is 15.5. The molecule has 23 heavy (non-hydrogen) atoms. The fraction of sp³-hybridized carbons (Fsp3) is 0.235. The zero-order chi connectivity index (χ0) is 16.2. The Morgan fingerprint density at radius 2 is 2.17 bits per heavy atom. The number of aromatic nitrogens is 1. The van der Waals surface area contributed by atoms with Crippen LogP contribution in [0, 0.1) is 5.92 Å². The highest BCUT2D eigenvalue weighted by atomic mass is 35.5. The number of hydrogen-bond donors (Lipinski definition) is 1. The van der Waals surface area contributed by atoms with E-state index in [1.54, 1.807) is 35.4 Å². The van der Waals surface area contributed by atoms with E-state index in [0.717, 1.165) is 5.69 Å². The van der Waals surface area contributed by atoms with Crippen molar-refractivity contribution in [1.82, 2.24) is 9.88 Å². The highest BCUT2D eigenvalue weighted by molar-refractivity contribution is 6.30. The Kier molecular flexibility index (Phi) is 4.57. The Morgan fingerprint density at radius 3 is 2.91 bits per heavy atom. The topological polar surface area (TPSA) is 62.3 Å². The van der Waals surface area contributed by atoms with Crippen LogP contribution >= 0.6 is 11.6 Å². The molecule has 1 N–H and O–H groups in total. The first-order valence-electron chi connectivity index (χ1n) is 7.36. The van der Waals surface area contributed by atoms with Gasteiger partial charge in [-0.25, -0.2) is 0 Å². The van der Waals surface area contributed by atoms with E-state index < -0.39 is 0 Å². The summed E-state index contributed by atoms with van der Waals surface area (Å²) < 4.78 is 0. The number of hydrogen-bond acceptors (Lipinski definition) is 3. The van der Waals surface area contributed by atoms with Gasteiger partial charge in [0.15, 0.2) is 0 Å². The second-order valence-electron chi connectivity index (χ2n) is 5.50. The van der Waals surface area contributed by atoms with Crippen molar-refractivity contribution < 1.29 is 9.59 Å². The standard InChI is InChI=1S/C17H16ClN3O2/c18-13-4-3-6-14(9-13)20-17(23)12-8-16(22)21(10-12)11-15-5-1-2-7-19-15/h1-7,9,12H,8,10-11H2,(H,20,23)/t12-/m0/s1. The van der Waals surface area contributed by atoms with Crippen LogP contribution in [0.5, 0.6) is 0 Å². The van der Waals surface area contributed by atoms with Gasteiger partial charge in [-0.2, -0.15) is 0 Å². The van der Waals surface area contributed by atoms with Gasteiger partial charge < -0.3 is 10.2 Å². The molecule has 1 fully saturated rings. The number of rotatable bonds is 4. The van der Waals surface area contributed by atoms with Crippen molar-refractivity contribution in [3.05, 3.63) is 59.4 Å². The Bertz CT molecular complexity index is 721. The molecule has 1 aliphatic rings. The quantitative estimate of drug-likeness (QED) is 0.938. The summed E-state index contributed by atoms with van der Waals surface area (Å²) in [6, 6.07) is 12.5. The fourth-order valence-electron chi connectivity index (χ4n) is 2.60. The lowest BCUT2D eigenvalue weighted by Crippen LogP contribution is -2.28. The molecular formula is C17H16ClN3O2. The van der Waals surface area contributed by atoms with Crippen LogP contribution in [0.1, 0.15) is 12.1 Å². The number of halogens is 1. The zero-order valence-electron chi connectivity index (χ0n) is 12.4. The Balaban J connectivity index is 1.61. The normalized spacial score (nSPS) is 17.3. The molecule has 1 aromatic heterocycles. The summed E-state index contributed by atoms with van der Waals surface area (Å²) in [5.41, 5.74) is 1.45. The summed E-state index contributed by atoms with van der Waals surface area (Å²) in [6.07, 6.45) is 1.92. The van der Waals surface area contributed by atoms with E-state index in [0.29, 0.717) is 23.8 Å². The number of anilines is 1. The minimum Gasteiger partial charge on any atom is -0.336 e. The van der Waals surface area contributed by atoms with E-state index in [1.165, 1.54) is 0 Å². The first-order valence-corrected chi connectivity index (χ1v) is 7.74. The number of nitrogens with zero attached hydrogens (tertiary/aromatic N) is 2. The molecule has 0 aliphatic carbocycles. The molecule has 3 rings (SSSR count). The Labute approximate surface area is 139 Å². The molecule has 2 aromatic rings. The summed E-state index contributed by atoms with van der Waals surface area (Å²) >= 11 is 5.90. The maximum atomic E-state index is 12.3. The van der Waals surface area contributed by atoms with Crippen molar-refractivity contribution in [3.8, 4) is 0 Å². The van der Waals surface area contributed by atoms with Crippen molar-refractivity contribution in [2.45, 2.75) is 13.0 Å². The van der Waals surface area contributed by atoms with Crippen LogP contribution < -0.4 is 5.32 Å². The first-order chi connectivity index (χ1) is 11.1. The molecular weight excluding hydrogens is 314 g/mol. The number of pyridine rings is 1. The van der Waals surface area contributed by atoms with Gasteiger partial charge in [-0.05, 0) is 30.3 Å². The molecule has 0 radical (unpaired) electrons. The average molecular weight is 330 g/mol. The third-order valence-electron chi connectivity index (χ3n) is 3.76. The van der Waals surface area contributed by atoms with Crippen molar-refractivity contribution in [2.24, 2.45) is 5.92 Å². The van der Waals surface area contributed by atoms with Crippen molar-refractivity contribution in [3.63, 3.8) is 0 Å². The molecule has 0 unspecified atom stereocenters. The predicted molar refractivity (Wildman–Crippen MR) is 87.8 cm³/mol. The monoisotopic (exact) mass is 329 g/mol. The number of amides is 2. The summed E-state index contributed by atoms with van der Waals surface area (Å²) in [7, 11) is 0. The summed E-state index contributed by atoms with van der Waals surface area (Å²) in [6.45, 7) is 0.836. The van der Waals surface area contributed by atoms with Gasteiger partial charge in [-0.3, -0.25) is 14.6 Å². The van der Waals surface area contributed by atoms with Crippen molar-refractivity contribution in [1.29, 1.82) is 0 Å². The molecule has 1 atom stereocenters. The van der Waals surface area contributed by atoms with Gasteiger partial charge in [0, 0.05) is 29.9 Å². The SMILES string of the molecule is O=C(Nc1cccc(Cl)c1)[C@H]1CC(=O)N(Cc2ccccn2)C1. The van der Waals surface area contributed by atoms with Crippen LogP contribution in [0.15, 0.2) is 48.7 Å². The van der Waals surface area contributed by atoms with Crippen LogP contribution in [-0.4, -0.2) is 28.2 Å². The third kappa shape index (κ3) is 3.87. The third-order valence-corrected chi connectivity index (χ3v) is 3.99. The predicted octanol–water partition coefficient (Wildman–Crippen LogP) is 2.72. The van der Waals surface area contributed by atoms with Gasteiger partial charge in [0.1, 0.15) is 0 Å². The summed E-state index contributed by atoms with van der Waals surface area (Å²) in [4.78, 5) is 30.3. The van der Waals surface area contributed by atoms with Gasteiger partial charge in [0.2, 0.25) is 11.8 Å². The maximum absolute atomic E-state index is 12.3. The Hall–Kier alpha value is -2.40. The Morgan fingerprint density at radius 1 is 1.30 bits per heavy atom. The van der Waals surface area contributed by atoms with E-state index in [1.807, 2.05) is 18.2 Å². The van der Waals surface area contributed by atoms with Crippen molar-refractivity contribution >= 4 is 29.1 Å². The van der Waals surface area contributed by atoms with E-state index in [4.69, 9.17) is 11.6 Å². The largest absolute Gasteiger partial charge is 0.336 e. The van der Waals surface area contributed by atoms with Gasteiger partial charge in [-0.15, -0.1) is 0 Å². The smallest absolute Gasteiger partial charge is 0.229 e. The molecule has 1 aromatic carbocycles. The lowest BCUT2D eigenvalue weighted by atomic mass is 10.1. The summed E-state index contributed by atoms with van der Waals surface area (Å²) in [5, 5.41) is 3.37. The minimum absolute atomic E-state index is 0.0260. The molecule has 0 bridgehead atoms. The minimum atomic E-state index is -0.356. The van der Waals surface area contributed by atoms with Crippen molar-refractivity contribution in [2.75, 3.05) is 11.9 Å². The molecule has 2 heterocycles. The van der Waals surface area contributed by atoms with Gasteiger partial charge >= 0.3 is 0 Å². The van der Waals surface area contributed by atoms with Gasteiger partial charge in [0.25, 0.3) is 0 Å². The van der Waals surface area contributed by atoms with Crippen LogP contribution in [0.4, 0.5) is 5.69 Å². The fourth-order valence-corrected chi connectivity index (χ4v) is 2.79. The lowest BCUT2D eigenvalue weighted by molar-refractivity contribution is -0.128. The van der Waals surface area contributed by atoms with E-state index in [-0.39, 0.29) is 24.2 Å². The van der Waals surface area contributed by atoms with Gasteiger partial charge in [0.05, 0.1) is 18.2 Å². The molecule has 6 heteroatoms. The molecule has 118 valence electrons. The number of nitrogens with one attached hydrogen (secondary N) is 1. The average Bonchev–Trinajstić information content (AvgIpc) is 2.89. The second kappa shape index (κ2) is 6.79. The molecule has 5 nitrogen and oxygen atoms in total. The number of carbonyl (C=O) groups excluding carboxylic acids is 2. The van der Waals surface area contributed by atoms with Crippen LogP contribution in [-0.2, 0) is 16.1 Å². The zero-order valence-corrected chi connectivity index (χ0v) is 13.2. The van der Waals surface area contributed by atoms with E-state index in [9.17, 15) is 9.59 Å². The summed E-state index contributed by atoms with van der Waals surface area (Å²) in [5.74, 6) is -0.545. The molecule has 0 saturated carbocycles. The van der Waals surface area contributed by atoms with E-state index >= 15 is 0 Å². The molecule has 0 spiro atoms. The van der Waals surface area contributed by atoms with Gasteiger partial charge in [-0.1, -0.05) is 23.7 Å². The maximum Gasteiger partial charge on any atom is 0.229 e. The highest BCUT2D eigenvalue weighted by Crippen LogP contribution is 2.22. The number of carbonyl (C=O) groups is 2. The second-order valence-corrected chi connectivity index (χ2v) is 5.93. The molecule has 1 aliphatic heterocycles.